The molecule has 1 aliphatic heterocycles. The van der Waals surface area contributed by atoms with E-state index < -0.39 is 45.0 Å². The summed E-state index contributed by atoms with van der Waals surface area (Å²) in [5, 5.41) is 19.2. The normalized spacial score (nSPS) is 29.1. The number of rotatable bonds is 4. The lowest BCUT2D eigenvalue weighted by molar-refractivity contribution is -0.0488. The summed E-state index contributed by atoms with van der Waals surface area (Å²) in [6, 6.07) is 0. The number of nitrogens with one attached hydrogen (secondary N) is 1. The van der Waals surface area contributed by atoms with Gasteiger partial charge in [-0.2, -0.15) is 0 Å². The second-order valence-corrected chi connectivity index (χ2v) is 5.29. The van der Waals surface area contributed by atoms with Gasteiger partial charge in [-0.15, -0.1) is 9.42 Å². The Balaban J connectivity index is 2.05. The minimum atomic E-state index is -3.01. The second kappa shape index (κ2) is 5.80. The third-order valence-electron chi connectivity index (χ3n) is 3.34. The van der Waals surface area contributed by atoms with Gasteiger partial charge in [0.15, 0.2) is 23.5 Å². The lowest BCUT2D eigenvalue weighted by atomic mass is 10.1. The number of aliphatic hydroxyl groups is 2. The van der Waals surface area contributed by atoms with E-state index in [4.69, 9.17) is 14.2 Å². The summed E-state index contributed by atoms with van der Waals surface area (Å²) in [7, 11) is -3.01. The molecule has 1 saturated heterocycles. The van der Waals surface area contributed by atoms with Gasteiger partial charge >= 0.3 is 8.25 Å². The molecule has 0 aromatic carbocycles. The van der Waals surface area contributed by atoms with Crippen LogP contribution in [0.1, 0.15) is 6.23 Å². The van der Waals surface area contributed by atoms with Crippen molar-refractivity contribution in [2.75, 3.05) is 6.61 Å². The van der Waals surface area contributed by atoms with Crippen molar-refractivity contribution in [2.24, 2.45) is 0 Å². The molecule has 0 amide bonds. The Morgan fingerprint density at radius 3 is 2.95 bits per heavy atom. The van der Waals surface area contributed by atoms with E-state index >= 15 is 0 Å². The van der Waals surface area contributed by atoms with E-state index in [-0.39, 0.29) is 11.2 Å². The fourth-order valence-corrected chi connectivity index (χ4v) is 2.80. The number of imidazole rings is 1. The largest absolute Gasteiger partial charge is 0.695 e. The first-order chi connectivity index (χ1) is 10.5. The maximum absolute atomic E-state index is 11.6. The number of ether oxygens (including phenoxy) is 1. The Hall–Kier alpha value is -1.75. The van der Waals surface area contributed by atoms with Gasteiger partial charge in [-0.3, -0.25) is 9.36 Å². The minimum absolute atomic E-state index is 0.0418. The lowest BCUT2D eigenvalue weighted by Gasteiger charge is -2.16. The molecule has 0 aliphatic carbocycles. The minimum Gasteiger partial charge on any atom is -0.394 e. The van der Waals surface area contributed by atoms with E-state index in [1.807, 2.05) is 0 Å². The highest BCUT2D eigenvalue weighted by molar-refractivity contribution is 7.32. The molecule has 5 atom stereocenters. The fraction of sp³-hybridized carbons (Fsp3) is 0.500. The summed E-state index contributed by atoms with van der Waals surface area (Å²) in [5.41, 5.74) is -0.270. The van der Waals surface area contributed by atoms with Crippen LogP contribution >= 0.6 is 8.25 Å². The van der Waals surface area contributed by atoms with Crippen LogP contribution in [0.15, 0.2) is 17.4 Å². The summed E-state index contributed by atoms with van der Waals surface area (Å²) in [4.78, 5) is 30.8. The zero-order valence-electron chi connectivity index (χ0n) is 10.9. The molecule has 0 saturated carbocycles. The molecule has 4 N–H and O–H groups in total. The van der Waals surface area contributed by atoms with Gasteiger partial charge < -0.3 is 19.9 Å². The van der Waals surface area contributed by atoms with E-state index in [2.05, 4.69) is 15.0 Å². The molecule has 2 aromatic heterocycles. The molecule has 3 heterocycles. The molecule has 12 heteroatoms. The van der Waals surface area contributed by atoms with Gasteiger partial charge in [0.2, 0.25) is 0 Å². The van der Waals surface area contributed by atoms with Crippen molar-refractivity contribution < 1.29 is 28.9 Å². The van der Waals surface area contributed by atoms with E-state index in [0.717, 1.165) is 0 Å². The Bertz CT molecular complexity index is 761. The first kappa shape index (κ1) is 15.2. The van der Waals surface area contributed by atoms with Gasteiger partial charge in [-0.05, 0) is 0 Å². The van der Waals surface area contributed by atoms with Crippen LogP contribution in [0.5, 0.6) is 0 Å². The molecule has 3 rings (SSSR count). The van der Waals surface area contributed by atoms with Crippen molar-refractivity contribution in [1.29, 1.82) is 0 Å². The van der Waals surface area contributed by atoms with Gasteiger partial charge in [-0.25, -0.2) is 9.97 Å². The third-order valence-corrected chi connectivity index (χ3v) is 3.77. The highest BCUT2D eigenvalue weighted by Crippen LogP contribution is 2.37. The molecular formula is C10H12N4O7P+. The van der Waals surface area contributed by atoms with Crippen molar-refractivity contribution in [1.82, 2.24) is 19.5 Å². The molecule has 1 aliphatic rings. The number of hydrogen-bond acceptors (Lipinski definition) is 8. The highest BCUT2D eigenvalue weighted by Gasteiger charge is 2.50. The summed E-state index contributed by atoms with van der Waals surface area (Å²) in [6.07, 6.45) is -2.24. The molecule has 118 valence electrons. The first-order valence-corrected chi connectivity index (χ1v) is 7.33. The van der Waals surface area contributed by atoms with Gasteiger partial charge in [0.05, 0.1) is 19.3 Å². The quantitative estimate of drug-likeness (QED) is 0.484. The van der Waals surface area contributed by atoms with Crippen LogP contribution < -0.4 is 5.56 Å². The Labute approximate surface area is 123 Å². The van der Waals surface area contributed by atoms with Crippen molar-refractivity contribution in [3.05, 3.63) is 23.0 Å². The summed E-state index contributed by atoms with van der Waals surface area (Å²) in [5.74, 6) is 0. The fourth-order valence-electron chi connectivity index (χ4n) is 2.36. The lowest BCUT2D eigenvalue weighted by Crippen LogP contribution is -2.34. The zero-order valence-corrected chi connectivity index (χ0v) is 11.8. The molecule has 22 heavy (non-hydrogen) atoms. The van der Waals surface area contributed by atoms with Gasteiger partial charge in [0.1, 0.15) is 12.2 Å². The average molecular weight is 331 g/mol. The molecule has 2 aromatic rings. The number of aliphatic hydroxyl groups excluding tert-OH is 2. The number of aromatic amines is 1. The predicted octanol–water partition coefficient (Wildman–Crippen LogP) is -1.59. The van der Waals surface area contributed by atoms with Gasteiger partial charge in [0, 0.05) is 4.57 Å². The van der Waals surface area contributed by atoms with E-state index in [9.17, 15) is 19.6 Å². The Kier molecular flexibility index (Phi) is 4.00. The van der Waals surface area contributed by atoms with Crippen molar-refractivity contribution in [2.45, 2.75) is 24.5 Å². The number of nitrogens with zero attached hydrogens (tertiary/aromatic N) is 3. The molecule has 11 nitrogen and oxygen atoms in total. The zero-order chi connectivity index (χ0) is 15.9. The molecular weight excluding hydrogens is 319 g/mol. The van der Waals surface area contributed by atoms with E-state index in [0.29, 0.717) is 0 Å². The van der Waals surface area contributed by atoms with Crippen molar-refractivity contribution in [3.8, 4) is 0 Å². The number of aromatic nitrogens is 4. The Morgan fingerprint density at radius 2 is 2.27 bits per heavy atom. The predicted molar refractivity (Wildman–Crippen MR) is 69.8 cm³/mol. The van der Waals surface area contributed by atoms with Crippen LogP contribution in [0.4, 0.5) is 0 Å². The molecule has 0 bridgehead atoms. The van der Waals surface area contributed by atoms with Crippen LogP contribution in [0.25, 0.3) is 11.2 Å². The Morgan fingerprint density at radius 1 is 1.50 bits per heavy atom. The number of fused-ring (bicyclic) bond motifs is 1. The maximum atomic E-state index is 11.6. The molecule has 0 radical (unpaired) electrons. The second-order valence-electron chi connectivity index (χ2n) is 4.60. The summed E-state index contributed by atoms with van der Waals surface area (Å²) in [6.45, 7) is -0.514. The van der Waals surface area contributed by atoms with E-state index in [1.165, 1.54) is 17.2 Å². The maximum Gasteiger partial charge on any atom is 0.695 e. The number of hydrogen-bond donors (Lipinski definition) is 4. The first-order valence-electron chi connectivity index (χ1n) is 6.20. The average Bonchev–Trinajstić information content (AvgIpc) is 3.02. The SMILES string of the molecule is O=c1[nH]cnc2c1ncn2[C@@H]1O[C@H](CO)[C@@H](O)[C@H]1O[P+](=O)O. The summed E-state index contributed by atoms with van der Waals surface area (Å²) >= 11 is 0. The van der Waals surface area contributed by atoms with Crippen molar-refractivity contribution in [3.63, 3.8) is 0 Å². The highest BCUT2D eigenvalue weighted by atomic mass is 31.1. The van der Waals surface area contributed by atoms with Crippen LogP contribution in [-0.2, 0) is 13.8 Å². The smallest absolute Gasteiger partial charge is 0.394 e. The molecule has 0 spiro atoms. The summed E-state index contributed by atoms with van der Waals surface area (Å²) < 4.78 is 22.5. The van der Waals surface area contributed by atoms with E-state index in [1.54, 1.807) is 0 Å². The third kappa shape index (κ3) is 2.43. The topological polar surface area (TPSA) is 160 Å². The molecule has 1 unspecified atom stereocenters. The van der Waals surface area contributed by atoms with Crippen LogP contribution in [0.2, 0.25) is 0 Å². The monoisotopic (exact) mass is 331 g/mol. The molecule has 1 fully saturated rings. The van der Waals surface area contributed by atoms with Crippen molar-refractivity contribution >= 4 is 19.4 Å². The van der Waals surface area contributed by atoms with Crippen LogP contribution in [-0.4, -0.2) is 59.5 Å². The number of H-pyrrole nitrogens is 1. The van der Waals surface area contributed by atoms with Crippen LogP contribution in [0.3, 0.4) is 0 Å². The van der Waals surface area contributed by atoms with Crippen LogP contribution in [0, 0.1) is 0 Å². The van der Waals surface area contributed by atoms with Gasteiger partial charge in [0.25, 0.3) is 5.56 Å². The van der Waals surface area contributed by atoms with Gasteiger partial charge in [-0.1, -0.05) is 0 Å². The standard InChI is InChI=1S/C10H11N4O7P/c15-1-4-6(16)7(21-22(18)19)10(20-4)14-3-13-5-8(14)11-2-12-9(5)17/h2-4,6-7,10,15-16H,1H2,(H-,11,12,17,18,19)/p+1/t4-,6-,7-,10-/m1/s1.